The topological polar surface area (TPSA) is 170 Å². The summed E-state index contributed by atoms with van der Waals surface area (Å²) in [5.74, 6) is -2.44. The number of aliphatic hydroxyl groups is 1. The third-order valence-electron chi connectivity index (χ3n) is 11.2. The number of rotatable bonds is 6. The summed E-state index contributed by atoms with van der Waals surface area (Å²) in [6.45, 7) is 8.90. The number of carbonyl (C=O) groups is 4. The van der Waals surface area contributed by atoms with Gasteiger partial charge in [0.25, 0.3) is 5.91 Å². The Labute approximate surface area is 327 Å². The smallest absolute Gasteiger partial charge is 0.328 e. The Kier molecular flexibility index (Phi) is 12.4. The fourth-order valence-electron chi connectivity index (χ4n) is 7.52. The van der Waals surface area contributed by atoms with Gasteiger partial charge in [-0.15, -0.1) is 0 Å². The molecule has 13 nitrogen and oxygen atoms in total. The number of aryl methyl sites for hydroxylation is 1. The molecule has 3 heterocycles. The number of fused-ring (bicyclic) bond motifs is 5. The van der Waals surface area contributed by atoms with Crippen molar-refractivity contribution in [1.29, 1.82) is 0 Å². The van der Waals surface area contributed by atoms with Crippen LogP contribution in [0.25, 0.3) is 0 Å². The largest absolute Gasteiger partial charge is 0.495 e. The van der Waals surface area contributed by atoms with E-state index in [1.165, 1.54) is 50.1 Å². The van der Waals surface area contributed by atoms with E-state index in [1.807, 2.05) is 39.0 Å². The highest BCUT2D eigenvalue weighted by molar-refractivity contribution is 6.34. The van der Waals surface area contributed by atoms with Crippen molar-refractivity contribution in [2.45, 2.75) is 102 Å². The van der Waals surface area contributed by atoms with Crippen molar-refractivity contribution in [3.05, 3.63) is 75.8 Å². The van der Waals surface area contributed by atoms with Crippen molar-refractivity contribution in [2.75, 3.05) is 38.9 Å². The van der Waals surface area contributed by atoms with Gasteiger partial charge in [-0.3, -0.25) is 14.4 Å². The molecule has 14 heteroatoms. The molecule has 298 valence electrons. The van der Waals surface area contributed by atoms with E-state index in [2.05, 4.69) is 0 Å². The summed E-state index contributed by atoms with van der Waals surface area (Å²) < 4.78 is 29.2. The number of allylic oxidation sites excluding steroid dienone is 3. The van der Waals surface area contributed by atoms with Gasteiger partial charge in [0.15, 0.2) is 0 Å². The van der Waals surface area contributed by atoms with Crippen LogP contribution in [-0.2, 0) is 39.8 Å². The highest BCUT2D eigenvalue weighted by Crippen LogP contribution is 2.49. The zero-order valence-electron chi connectivity index (χ0n) is 32.9. The first-order chi connectivity index (χ1) is 25.8. The number of carbonyl (C=O) groups excluding carboxylic acids is 4. The maximum absolute atomic E-state index is 14.2. The van der Waals surface area contributed by atoms with E-state index in [0.717, 1.165) is 16.7 Å². The van der Waals surface area contributed by atoms with Crippen LogP contribution in [0.1, 0.15) is 68.4 Å². The third kappa shape index (κ3) is 8.70. The summed E-state index contributed by atoms with van der Waals surface area (Å²) in [5.41, 5.74) is 6.89. The molecule has 0 saturated carbocycles. The van der Waals surface area contributed by atoms with Gasteiger partial charge in [-0.1, -0.05) is 48.4 Å². The number of nitrogen functional groups attached to an aromatic ring is 1. The lowest BCUT2D eigenvalue weighted by Gasteiger charge is -2.41. The average Bonchev–Trinajstić information content (AvgIpc) is 3.84. The number of hydrogen-bond acceptors (Lipinski definition) is 11. The maximum atomic E-state index is 14.2. The minimum absolute atomic E-state index is 0.0526. The average molecular weight is 782 g/mol. The van der Waals surface area contributed by atoms with Gasteiger partial charge in [-0.05, 0) is 69.5 Å². The Morgan fingerprint density at radius 1 is 1.16 bits per heavy atom. The molecule has 5 rings (SSSR count). The summed E-state index contributed by atoms with van der Waals surface area (Å²) in [4.78, 5) is 57.2. The number of anilines is 2. The first kappa shape index (κ1) is 41.7. The highest BCUT2D eigenvalue weighted by atomic mass is 35.5. The van der Waals surface area contributed by atoms with Crippen LogP contribution in [-0.4, -0.2) is 104 Å². The molecule has 8 atom stereocenters. The second-order valence-corrected chi connectivity index (χ2v) is 15.6. The molecule has 2 fully saturated rings. The third-order valence-corrected chi connectivity index (χ3v) is 11.7. The second kappa shape index (κ2) is 16.4. The number of ether oxygens (including phenoxy) is 5. The molecule has 0 aromatic heterocycles. The maximum Gasteiger partial charge on any atom is 0.328 e. The number of nitrogens with two attached hydrogens (primary N) is 1. The van der Waals surface area contributed by atoms with E-state index in [-0.39, 0.29) is 24.8 Å². The second-order valence-electron chi connectivity index (χ2n) is 15.2. The van der Waals surface area contributed by atoms with Crippen LogP contribution in [0.2, 0.25) is 5.02 Å². The number of halogens is 1. The molecule has 2 amide bonds. The van der Waals surface area contributed by atoms with Crippen LogP contribution in [0.15, 0.2) is 54.1 Å². The number of esters is 2. The van der Waals surface area contributed by atoms with Gasteiger partial charge in [-0.25, -0.2) is 4.79 Å². The Morgan fingerprint density at radius 3 is 2.55 bits per heavy atom. The molecule has 0 spiro atoms. The van der Waals surface area contributed by atoms with Crippen LogP contribution >= 0.6 is 11.6 Å². The lowest BCUT2D eigenvalue weighted by atomic mass is 9.78. The van der Waals surface area contributed by atoms with E-state index in [1.54, 1.807) is 32.2 Å². The van der Waals surface area contributed by atoms with Gasteiger partial charge >= 0.3 is 11.9 Å². The van der Waals surface area contributed by atoms with Gasteiger partial charge in [0.2, 0.25) is 5.91 Å². The van der Waals surface area contributed by atoms with Crippen molar-refractivity contribution in [3.8, 4) is 5.75 Å². The number of epoxide rings is 1. The fourth-order valence-corrected chi connectivity index (χ4v) is 7.75. The standard InChI is InChI=1S/C41H52ClN3O10/c1-22-11-10-12-32(52-9)41(50)20-31(53-35(47)21-41)24(3)37-40(5,55-37)33(19-34(46)45(7)29-17-26(15-22)16-23(2)36(29)42)54-39(49)25(4)44(6)38(48)27-13-14-28(43)30(18-27)51-8/h10-14,16-18,24-25,31-33,37,50H,15,19-21,43H2,1-9H3/b12-10+,22-11+/t24-,25+,31+,32-,33+,37+,40+,41-/m1/s1. The van der Waals surface area contributed by atoms with Gasteiger partial charge in [0.05, 0.1) is 42.5 Å². The molecule has 0 aliphatic carbocycles. The van der Waals surface area contributed by atoms with E-state index in [0.29, 0.717) is 28.6 Å². The molecule has 0 unspecified atom stereocenters. The zero-order valence-corrected chi connectivity index (χ0v) is 33.6. The summed E-state index contributed by atoms with van der Waals surface area (Å²) in [6, 6.07) is 7.29. The molecular weight excluding hydrogens is 730 g/mol. The molecule has 4 bridgehead atoms. The molecule has 2 aromatic rings. The predicted octanol–water partition coefficient (Wildman–Crippen LogP) is 4.97. The van der Waals surface area contributed by atoms with Gasteiger partial charge in [0.1, 0.15) is 41.3 Å². The van der Waals surface area contributed by atoms with Crippen LogP contribution in [0.3, 0.4) is 0 Å². The van der Waals surface area contributed by atoms with E-state index in [9.17, 15) is 24.3 Å². The first-order valence-corrected chi connectivity index (χ1v) is 18.6. The number of hydrogen-bond donors (Lipinski definition) is 2. The van der Waals surface area contributed by atoms with Crippen molar-refractivity contribution in [2.24, 2.45) is 5.92 Å². The van der Waals surface area contributed by atoms with E-state index >= 15 is 0 Å². The van der Waals surface area contributed by atoms with Crippen molar-refractivity contribution < 1.29 is 48.0 Å². The lowest BCUT2D eigenvalue weighted by molar-refractivity contribution is -0.187. The number of likely N-dealkylation sites (N-methyl/N-ethyl adjacent to an activating group) is 1. The number of methoxy groups -OCH3 is 2. The van der Waals surface area contributed by atoms with Crippen LogP contribution in [0.4, 0.5) is 11.4 Å². The number of nitrogens with zero attached hydrogens (tertiary/aromatic N) is 2. The SMILES string of the molecule is COc1cc(C(=O)N(C)[C@@H](C)C(=O)O[C@H]2CC(=O)N(C)c3cc(cc(C)c3Cl)C/C(C)=C/C=C/[C@@H](OC)[C@]3(O)CC(=O)O[C@@H](C3)[C@@H](C)[C@@H]3O[C@@]23C)ccc1N. The van der Waals surface area contributed by atoms with Gasteiger partial charge < -0.3 is 44.3 Å². The van der Waals surface area contributed by atoms with Crippen LogP contribution in [0, 0.1) is 12.8 Å². The number of benzene rings is 2. The summed E-state index contributed by atoms with van der Waals surface area (Å²) in [7, 11) is 5.99. The summed E-state index contributed by atoms with van der Waals surface area (Å²) in [5, 5.41) is 12.3. The van der Waals surface area contributed by atoms with E-state index in [4.69, 9.17) is 41.0 Å². The number of amides is 2. The molecule has 55 heavy (non-hydrogen) atoms. The molecule has 3 aliphatic heterocycles. The Hall–Kier alpha value is -4.43. The molecule has 3 N–H and O–H groups in total. The van der Waals surface area contributed by atoms with Gasteiger partial charge in [0, 0.05) is 39.1 Å². The van der Waals surface area contributed by atoms with Crippen molar-refractivity contribution in [1.82, 2.24) is 4.90 Å². The minimum Gasteiger partial charge on any atom is -0.495 e. The minimum atomic E-state index is -1.58. The highest BCUT2D eigenvalue weighted by Gasteiger charge is 2.64. The Morgan fingerprint density at radius 2 is 1.87 bits per heavy atom. The van der Waals surface area contributed by atoms with Crippen molar-refractivity contribution in [3.63, 3.8) is 0 Å². The molecule has 3 aliphatic rings. The monoisotopic (exact) mass is 781 g/mol. The predicted molar refractivity (Wildman–Crippen MR) is 207 cm³/mol. The Balaban J connectivity index is 1.50. The molecule has 0 radical (unpaired) electrons. The van der Waals surface area contributed by atoms with Gasteiger partial charge in [-0.2, -0.15) is 0 Å². The summed E-state index contributed by atoms with van der Waals surface area (Å²) >= 11 is 6.79. The molecule has 2 aromatic carbocycles. The fraction of sp³-hybridized carbons (Fsp3) is 0.512. The molecular formula is C41H52ClN3O10. The first-order valence-electron chi connectivity index (χ1n) is 18.3. The normalized spacial score (nSPS) is 30.6. The quantitative estimate of drug-likeness (QED) is 0.231. The Bertz CT molecular complexity index is 1900. The van der Waals surface area contributed by atoms with E-state index < -0.39 is 71.3 Å². The lowest BCUT2D eigenvalue weighted by Crippen LogP contribution is -2.53. The summed E-state index contributed by atoms with van der Waals surface area (Å²) in [6.07, 6.45) is 2.03. The van der Waals surface area contributed by atoms with Crippen LogP contribution < -0.4 is 15.4 Å². The zero-order chi connectivity index (χ0) is 40.6. The molecule has 2 saturated heterocycles. The van der Waals surface area contributed by atoms with Crippen molar-refractivity contribution >= 4 is 46.7 Å². The van der Waals surface area contributed by atoms with Crippen LogP contribution in [0.5, 0.6) is 5.75 Å².